The largest absolute Gasteiger partial charge is 0.465 e. The van der Waals surface area contributed by atoms with Gasteiger partial charge in [0, 0.05) is 17.3 Å². The zero-order chi connectivity index (χ0) is 18.8. The Balaban J connectivity index is 1.49. The van der Waals surface area contributed by atoms with Crippen LogP contribution >= 0.6 is 0 Å². The maximum atomic E-state index is 12.0. The molecule has 0 spiro atoms. The first kappa shape index (κ1) is 16.8. The minimum Gasteiger partial charge on any atom is -0.465 e. The van der Waals surface area contributed by atoms with Crippen LogP contribution in [-0.4, -0.2) is 10.9 Å². The minimum atomic E-state index is -0.230. The van der Waals surface area contributed by atoms with E-state index >= 15 is 0 Å². The topological polar surface area (TPSA) is 68.3 Å². The van der Waals surface area contributed by atoms with Crippen molar-refractivity contribution in [3.05, 3.63) is 77.8 Å². The fourth-order valence-electron chi connectivity index (χ4n) is 2.73. The first-order valence-corrected chi connectivity index (χ1v) is 8.59. The van der Waals surface area contributed by atoms with E-state index in [0.29, 0.717) is 17.3 Å². The molecule has 0 radical (unpaired) electrons. The van der Waals surface area contributed by atoms with Gasteiger partial charge in [-0.15, -0.1) is 0 Å². The molecule has 0 aliphatic carbocycles. The minimum absolute atomic E-state index is 0.230. The molecule has 134 valence electrons. The molecule has 0 aliphatic heterocycles. The van der Waals surface area contributed by atoms with E-state index < -0.39 is 0 Å². The average molecular weight is 358 g/mol. The summed E-state index contributed by atoms with van der Waals surface area (Å²) in [4.78, 5) is 16.5. The standard InChI is InChI=1S/C22H18N2O3/c1-14-12-19-20(13-15(14)2)27-22(24-19)16-5-7-17(8-6-16)23-21(25)10-9-18-4-3-11-26-18/h3-13H,1-2H3,(H,23,25)/b10-9+. The molecule has 27 heavy (non-hydrogen) atoms. The Morgan fingerprint density at radius 3 is 2.59 bits per heavy atom. The fourth-order valence-corrected chi connectivity index (χ4v) is 2.73. The maximum absolute atomic E-state index is 12.0. The van der Waals surface area contributed by atoms with E-state index in [1.54, 1.807) is 24.5 Å². The van der Waals surface area contributed by atoms with Gasteiger partial charge >= 0.3 is 0 Å². The molecule has 5 nitrogen and oxygen atoms in total. The molecule has 0 saturated heterocycles. The molecule has 5 heteroatoms. The van der Waals surface area contributed by atoms with Gasteiger partial charge in [0.2, 0.25) is 11.8 Å². The van der Waals surface area contributed by atoms with E-state index in [1.165, 1.54) is 17.2 Å². The van der Waals surface area contributed by atoms with Crippen molar-refractivity contribution in [1.82, 2.24) is 4.98 Å². The highest BCUT2D eigenvalue weighted by atomic mass is 16.3. The Labute approximate surface area is 156 Å². The second-order valence-electron chi connectivity index (χ2n) is 6.34. The van der Waals surface area contributed by atoms with E-state index in [2.05, 4.69) is 24.1 Å². The summed E-state index contributed by atoms with van der Waals surface area (Å²) >= 11 is 0. The Morgan fingerprint density at radius 2 is 1.85 bits per heavy atom. The monoisotopic (exact) mass is 358 g/mol. The Bertz CT molecular complexity index is 1080. The normalized spacial score (nSPS) is 11.3. The lowest BCUT2D eigenvalue weighted by Crippen LogP contribution is -2.07. The molecule has 1 amide bonds. The third-order valence-corrected chi connectivity index (χ3v) is 4.35. The second-order valence-corrected chi connectivity index (χ2v) is 6.34. The summed E-state index contributed by atoms with van der Waals surface area (Å²) in [6.07, 6.45) is 4.61. The van der Waals surface area contributed by atoms with Gasteiger partial charge < -0.3 is 14.2 Å². The van der Waals surface area contributed by atoms with Gasteiger partial charge in [0.25, 0.3) is 0 Å². The van der Waals surface area contributed by atoms with Gasteiger partial charge in [-0.25, -0.2) is 4.98 Å². The number of anilines is 1. The Hall–Kier alpha value is -3.60. The molecule has 2 aromatic heterocycles. The zero-order valence-electron chi connectivity index (χ0n) is 15.0. The predicted octanol–water partition coefficient (Wildman–Crippen LogP) is 5.36. The molecule has 0 saturated carbocycles. The van der Waals surface area contributed by atoms with Crippen molar-refractivity contribution in [3.63, 3.8) is 0 Å². The fraction of sp³-hybridized carbons (Fsp3) is 0.0909. The van der Waals surface area contributed by atoms with Gasteiger partial charge in [0.05, 0.1) is 6.26 Å². The van der Waals surface area contributed by atoms with Crippen molar-refractivity contribution in [2.45, 2.75) is 13.8 Å². The van der Waals surface area contributed by atoms with E-state index in [4.69, 9.17) is 8.83 Å². The maximum Gasteiger partial charge on any atom is 0.248 e. The van der Waals surface area contributed by atoms with Crippen LogP contribution in [0.1, 0.15) is 16.9 Å². The SMILES string of the molecule is Cc1cc2nc(-c3ccc(NC(=O)/C=C/c4ccco4)cc3)oc2cc1C. The molecule has 0 atom stereocenters. The molecule has 4 aromatic rings. The molecule has 1 N–H and O–H groups in total. The molecule has 0 aliphatic rings. The van der Waals surface area contributed by atoms with Crippen LogP contribution in [0.4, 0.5) is 5.69 Å². The van der Waals surface area contributed by atoms with Crippen LogP contribution < -0.4 is 5.32 Å². The van der Waals surface area contributed by atoms with Crippen LogP contribution in [0.3, 0.4) is 0 Å². The smallest absolute Gasteiger partial charge is 0.248 e. The summed E-state index contributed by atoms with van der Waals surface area (Å²) in [6.45, 7) is 4.11. The van der Waals surface area contributed by atoms with Crippen molar-refractivity contribution in [2.24, 2.45) is 0 Å². The number of nitrogens with one attached hydrogen (secondary N) is 1. The lowest BCUT2D eigenvalue weighted by molar-refractivity contribution is -0.111. The number of carbonyl (C=O) groups excluding carboxylic acids is 1. The summed E-state index contributed by atoms with van der Waals surface area (Å²) < 4.78 is 11.0. The summed E-state index contributed by atoms with van der Waals surface area (Å²) in [5.74, 6) is 0.958. The van der Waals surface area contributed by atoms with Crippen molar-refractivity contribution in [1.29, 1.82) is 0 Å². The van der Waals surface area contributed by atoms with Crippen LogP contribution in [0, 0.1) is 13.8 Å². The quantitative estimate of drug-likeness (QED) is 0.499. The third kappa shape index (κ3) is 3.67. The number of hydrogen-bond acceptors (Lipinski definition) is 4. The van der Waals surface area contributed by atoms with E-state index in [1.807, 2.05) is 36.4 Å². The highest BCUT2D eigenvalue weighted by molar-refractivity contribution is 6.01. The number of fused-ring (bicyclic) bond motifs is 1. The second kappa shape index (κ2) is 6.96. The molecule has 0 bridgehead atoms. The molecular formula is C22H18N2O3. The average Bonchev–Trinajstić information content (AvgIpc) is 3.31. The van der Waals surface area contributed by atoms with Crippen LogP contribution in [0.15, 0.2) is 69.7 Å². The van der Waals surface area contributed by atoms with Crippen LogP contribution in [-0.2, 0) is 4.79 Å². The van der Waals surface area contributed by atoms with Gasteiger partial charge in [-0.2, -0.15) is 0 Å². The number of aryl methyl sites for hydroxylation is 2. The first-order chi connectivity index (χ1) is 13.1. The number of rotatable bonds is 4. The summed E-state index contributed by atoms with van der Waals surface area (Å²) in [5.41, 5.74) is 5.51. The number of nitrogens with zero attached hydrogens (tertiary/aromatic N) is 1. The van der Waals surface area contributed by atoms with E-state index in [-0.39, 0.29) is 5.91 Å². The van der Waals surface area contributed by atoms with E-state index in [0.717, 1.165) is 16.7 Å². The van der Waals surface area contributed by atoms with Gasteiger partial charge in [-0.05, 0) is 79.6 Å². The van der Waals surface area contributed by atoms with Crippen molar-refractivity contribution >= 4 is 28.8 Å². The Morgan fingerprint density at radius 1 is 1.07 bits per heavy atom. The summed E-state index contributed by atoms with van der Waals surface area (Å²) in [7, 11) is 0. The molecule has 4 rings (SSSR count). The molecule has 2 aromatic carbocycles. The zero-order valence-corrected chi connectivity index (χ0v) is 15.0. The highest BCUT2D eigenvalue weighted by Gasteiger charge is 2.10. The molecule has 0 fully saturated rings. The lowest BCUT2D eigenvalue weighted by Gasteiger charge is -2.02. The predicted molar refractivity (Wildman–Crippen MR) is 105 cm³/mol. The number of benzene rings is 2. The number of aromatic nitrogens is 1. The van der Waals surface area contributed by atoms with E-state index in [9.17, 15) is 4.79 Å². The molecule has 0 unspecified atom stereocenters. The molecule has 2 heterocycles. The number of hydrogen-bond donors (Lipinski definition) is 1. The van der Waals surface area contributed by atoms with Gasteiger partial charge in [-0.1, -0.05) is 0 Å². The number of amides is 1. The van der Waals surface area contributed by atoms with Gasteiger partial charge in [0.1, 0.15) is 11.3 Å². The lowest BCUT2D eigenvalue weighted by atomic mass is 10.1. The summed E-state index contributed by atoms with van der Waals surface area (Å²) in [5, 5.41) is 2.81. The number of oxazole rings is 1. The van der Waals surface area contributed by atoms with Crippen LogP contribution in [0.25, 0.3) is 28.6 Å². The van der Waals surface area contributed by atoms with Crippen molar-refractivity contribution in [2.75, 3.05) is 5.32 Å². The third-order valence-electron chi connectivity index (χ3n) is 4.35. The number of carbonyl (C=O) groups is 1. The molecular weight excluding hydrogens is 340 g/mol. The van der Waals surface area contributed by atoms with Crippen LogP contribution in [0.2, 0.25) is 0 Å². The van der Waals surface area contributed by atoms with Gasteiger partial charge in [-0.3, -0.25) is 4.79 Å². The summed E-state index contributed by atoms with van der Waals surface area (Å²) in [6, 6.07) is 15.0. The van der Waals surface area contributed by atoms with Gasteiger partial charge in [0.15, 0.2) is 5.58 Å². The Kier molecular flexibility index (Phi) is 4.34. The first-order valence-electron chi connectivity index (χ1n) is 8.59. The number of furan rings is 1. The van der Waals surface area contributed by atoms with Crippen molar-refractivity contribution < 1.29 is 13.6 Å². The van der Waals surface area contributed by atoms with Crippen LogP contribution in [0.5, 0.6) is 0 Å². The van der Waals surface area contributed by atoms with Crippen molar-refractivity contribution in [3.8, 4) is 11.5 Å². The highest BCUT2D eigenvalue weighted by Crippen LogP contribution is 2.27.